The van der Waals surface area contributed by atoms with E-state index in [0.717, 1.165) is 6.08 Å². The van der Waals surface area contributed by atoms with E-state index in [4.69, 9.17) is 16.7 Å². The molecule has 1 N–H and O–H groups in total. The molecule has 1 fully saturated rings. The van der Waals surface area contributed by atoms with E-state index in [-0.39, 0.29) is 6.42 Å². The zero-order valence-electron chi connectivity index (χ0n) is 7.23. The number of carboxylic acids is 1. The molecule has 0 aromatic carbocycles. The van der Waals surface area contributed by atoms with Crippen molar-refractivity contribution in [3.63, 3.8) is 0 Å². The van der Waals surface area contributed by atoms with Gasteiger partial charge in [0.1, 0.15) is 5.03 Å². The standard InChI is InChI=1S/C8H8ClF3O2/c1-7(6(13)14)3-4(7)2-5(9)8(10,11)12/h2,4H,3H2,1H3,(H,13,14). The lowest BCUT2D eigenvalue weighted by Gasteiger charge is -2.05. The molecule has 0 aromatic rings. The summed E-state index contributed by atoms with van der Waals surface area (Å²) < 4.78 is 35.8. The van der Waals surface area contributed by atoms with Crippen molar-refractivity contribution in [3.05, 3.63) is 11.1 Å². The van der Waals surface area contributed by atoms with Crippen molar-refractivity contribution >= 4 is 17.6 Å². The summed E-state index contributed by atoms with van der Waals surface area (Å²) in [6.07, 6.45) is -3.60. The smallest absolute Gasteiger partial charge is 0.426 e. The van der Waals surface area contributed by atoms with Crippen molar-refractivity contribution in [1.82, 2.24) is 0 Å². The highest BCUT2D eigenvalue weighted by Crippen LogP contribution is 2.54. The molecule has 80 valence electrons. The largest absolute Gasteiger partial charge is 0.481 e. The molecule has 6 heteroatoms. The molecule has 0 aliphatic heterocycles. The second kappa shape index (κ2) is 3.15. The Kier molecular flexibility index (Phi) is 2.56. The van der Waals surface area contributed by atoms with Gasteiger partial charge in [0.2, 0.25) is 0 Å². The van der Waals surface area contributed by atoms with Crippen molar-refractivity contribution in [2.45, 2.75) is 19.5 Å². The van der Waals surface area contributed by atoms with E-state index >= 15 is 0 Å². The number of allylic oxidation sites excluding steroid dienone is 2. The van der Waals surface area contributed by atoms with Gasteiger partial charge in [-0.3, -0.25) is 4.79 Å². The average Bonchev–Trinajstić information content (AvgIpc) is 2.61. The fourth-order valence-electron chi connectivity index (χ4n) is 1.16. The van der Waals surface area contributed by atoms with Crippen LogP contribution in [0.5, 0.6) is 0 Å². The minimum atomic E-state index is -4.58. The number of carboxylic acid groups (broad SMARTS) is 1. The molecular formula is C8H8ClF3O2. The molecule has 0 saturated heterocycles. The number of halogens is 4. The minimum absolute atomic E-state index is 0.203. The summed E-state index contributed by atoms with van der Waals surface area (Å²) in [5.41, 5.74) is -1.08. The van der Waals surface area contributed by atoms with Crippen LogP contribution in [0.1, 0.15) is 13.3 Å². The maximum Gasteiger partial charge on any atom is 0.426 e. The van der Waals surface area contributed by atoms with Gasteiger partial charge < -0.3 is 5.11 Å². The number of hydrogen-bond acceptors (Lipinski definition) is 1. The van der Waals surface area contributed by atoms with Crippen LogP contribution < -0.4 is 0 Å². The number of hydrogen-bond donors (Lipinski definition) is 1. The highest BCUT2D eigenvalue weighted by molar-refractivity contribution is 6.30. The Hall–Kier alpha value is -0.710. The first-order chi connectivity index (χ1) is 6.18. The molecule has 0 aromatic heterocycles. The highest BCUT2D eigenvalue weighted by atomic mass is 35.5. The van der Waals surface area contributed by atoms with Crippen LogP contribution in [-0.4, -0.2) is 17.3 Å². The van der Waals surface area contributed by atoms with Gasteiger partial charge in [-0.05, 0) is 19.3 Å². The first-order valence-corrected chi connectivity index (χ1v) is 4.23. The van der Waals surface area contributed by atoms with Crippen molar-refractivity contribution in [3.8, 4) is 0 Å². The Morgan fingerprint density at radius 2 is 2.14 bits per heavy atom. The highest BCUT2D eigenvalue weighted by Gasteiger charge is 2.56. The van der Waals surface area contributed by atoms with Gasteiger partial charge >= 0.3 is 12.1 Å². The van der Waals surface area contributed by atoms with Gasteiger partial charge in [-0.2, -0.15) is 13.2 Å². The second-order valence-corrected chi connectivity index (χ2v) is 3.95. The number of rotatable bonds is 2. The lowest BCUT2D eigenvalue weighted by atomic mass is 10.1. The maximum atomic E-state index is 11.9. The summed E-state index contributed by atoms with van der Waals surface area (Å²) in [4.78, 5) is 10.6. The van der Waals surface area contributed by atoms with Crippen molar-refractivity contribution < 1.29 is 23.1 Å². The number of alkyl halides is 3. The third-order valence-corrected chi connectivity index (χ3v) is 2.75. The summed E-state index contributed by atoms with van der Waals surface area (Å²) in [6, 6.07) is 0. The summed E-state index contributed by atoms with van der Waals surface area (Å²) in [5, 5.41) is 7.40. The topological polar surface area (TPSA) is 37.3 Å². The van der Waals surface area contributed by atoms with Crippen molar-refractivity contribution in [1.29, 1.82) is 0 Å². The van der Waals surface area contributed by atoms with Crippen molar-refractivity contribution in [2.24, 2.45) is 11.3 Å². The summed E-state index contributed by atoms with van der Waals surface area (Å²) in [6.45, 7) is 1.40. The quantitative estimate of drug-likeness (QED) is 0.789. The SMILES string of the molecule is CC1(C(=O)O)CC1C=C(Cl)C(F)(F)F. The monoisotopic (exact) mass is 228 g/mol. The molecule has 1 saturated carbocycles. The molecule has 0 amide bonds. The number of aliphatic carboxylic acids is 1. The van der Waals surface area contributed by atoms with Gasteiger partial charge in [-0.25, -0.2) is 0 Å². The van der Waals surface area contributed by atoms with E-state index < -0.39 is 28.5 Å². The minimum Gasteiger partial charge on any atom is -0.481 e. The first-order valence-electron chi connectivity index (χ1n) is 3.86. The molecule has 0 bridgehead atoms. The van der Waals surface area contributed by atoms with Gasteiger partial charge in [0.05, 0.1) is 5.41 Å². The third-order valence-electron chi connectivity index (χ3n) is 2.41. The lowest BCUT2D eigenvalue weighted by molar-refractivity contribution is -0.143. The van der Waals surface area contributed by atoms with E-state index in [0.29, 0.717) is 0 Å². The van der Waals surface area contributed by atoms with Crippen LogP contribution in [-0.2, 0) is 4.79 Å². The van der Waals surface area contributed by atoms with Gasteiger partial charge in [0.15, 0.2) is 0 Å². The van der Waals surface area contributed by atoms with E-state index in [9.17, 15) is 18.0 Å². The number of carbonyl (C=O) groups is 1. The predicted molar refractivity (Wildman–Crippen MR) is 43.8 cm³/mol. The van der Waals surface area contributed by atoms with E-state index in [1.807, 2.05) is 0 Å². The molecule has 1 aliphatic carbocycles. The molecule has 0 spiro atoms. The van der Waals surface area contributed by atoms with Crippen LogP contribution >= 0.6 is 11.6 Å². The summed E-state index contributed by atoms with van der Waals surface area (Å²) >= 11 is 4.97. The average molecular weight is 229 g/mol. The van der Waals surface area contributed by atoms with Crippen LogP contribution in [0.15, 0.2) is 11.1 Å². The Balaban J connectivity index is 2.71. The molecule has 1 aliphatic rings. The predicted octanol–water partition coefficient (Wildman–Crippen LogP) is 2.78. The molecule has 2 nitrogen and oxygen atoms in total. The van der Waals surface area contributed by atoms with Gasteiger partial charge in [-0.1, -0.05) is 17.7 Å². The fourth-order valence-corrected chi connectivity index (χ4v) is 1.31. The zero-order valence-corrected chi connectivity index (χ0v) is 7.99. The third kappa shape index (κ3) is 2.03. The van der Waals surface area contributed by atoms with Crippen LogP contribution in [0.4, 0.5) is 13.2 Å². The molecule has 2 atom stereocenters. The molecule has 0 heterocycles. The fraction of sp³-hybridized carbons (Fsp3) is 0.625. The molecule has 1 rings (SSSR count). The van der Waals surface area contributed by atoms with E-state index in [2.05, 4.69) is 0 Å². The lowest BCUT2D eigenvalue weighted by Crippen LogP contribution is -2.13. The Morgan fingerprint density at radius 3 is 2.43 bits per heavy atom. The Bertz CT molecular complexity index is 297. The van der Waals surface area contributed by atoms with Crippen LogP contribution in [0.2, 0.25) is 0 Å². The van der Waals surface area contributed by atoms with Gasteiger partial charge in [0, 0.05) is 0 Å². The van der Waals surface area contributed by atoms with Crippen LogP contribution in [0.25, 0.3) is 0 Å². The second-order valence-electron chi connectivity index (χ2n) is 3.55. The van der Waals surface area contributed by atoms with Gasteiger partial charge in [0.25, 0.3) is 0 Å². The zero-order chi connectivity index (χ0) is 11.1. The summed E-state index contributed by atoms with van der Waals surface area (Å²) in [7, 11) is 0. The normalized spacial score (nSPS) is 32.9. The van der Waals surface area contributed by atoms with E-state index in [1.54, 1.807) is 0 Å². The molecule has 0 radical (unpaired) electrons. The first kappa shape index (κ1) is 11.4. The molecule has 14 heavy (non-hydrogen) atoms. The van der Waals surface area contributed by atoms with Crippen LogP contribution in [0, 0.1) is 11.3 Å². The Labute approximate surface area is 83.4 Å². The van der Waals surface area contributed by atoms with Crippen LogP contribution in [0.3, 0.4) is 0 Å². The maximum absolute atomic E-state index is 11.9. The summed E-state index contributed by atoms with van der Waals surface area (Å²) in [5.74, 6) is -1.71. The molecule has 2 unspecified atom stereocenters. The van der Waals surface area contributed by atoms with Gasteiger partial charge in [-0.15, -0.1) is 0 Å². The van der Waals surface area contributed by atoms with Crippen molar-refractivity contribution in [2.75, 3.05) is 0 Å². The van der Waals surface area contributed by atoms with E-state index in [1.165, 1.54) is 6.92 Å². The molecular weight excluding hydrogens is 221 g/mol. The Morgan fingerprint density at radius 1 is 1.64 bits per heavy atom.